The lowest BCUT2D eigenvalue weighted by Gasteiger charge is -2.15. The van der Waals surface area contributed by atoms with Gasteiger partial charge >= 0.3 is 0 Å². The quantitative estimate of drug-likeness (QED) is 0.614. The van der Waals surface area contributed by atoms with E-state index in [0.717, 1.165) is 54.0 Å². The Morgan fingerprint density at radius 1 is 1.28 bits per heavy atom. The fourth-order valence-corrected chi connectivity index (χ4v) is 3.62. The maximum absolute atomic E-state index is 11.5. The van der Waals surface area contributed by atoms with Crippen LogP contribution in [-0.4, -0.2) is 30.4 Å². The van der Waals surface area contributed by atoms with E-state index in [9.17, 15) is 4.79 Å². The highest BCUT2D eigenvalue weighted by Gasteiger charge is 2.18. The highest BCUT2D eigenvalue weighted by atomic mass is 79.9. The molecule has 0 unspecified atom stereocenters. The summed E-state index contributed by atoms with van der Waals surface area (Å²) in [7, 11) is 0. The predicted octanol–water partition coefficient (Wildman–Crippen LogP) is 4.89. The summed E-state index contributed by atoms with van der Waals surface area (Å²) in [6, 6.07) is 9.65. The van der Waals surface area contributed by atoms with Crippen LogP contribution in [0, 0.1) is 0 Å². The number of nitrogens with one attached hydrogen (secondary N) is 1. The fourth-order valence-electron chi connectivity index (χ4n) is 2.85. The summed E-state index contributed by atoms with van der Waals surface area (Å²) in [4.78, 5) is 13.5. The molecule has 1 aliphatic heterocycles. The highest BCUT2D eigenvalue weighted by Crippen LogP contribution is 2.31. The van der Waals surface area contributed by atoms with Crippen LogP contribution in [0.2, 0.25) is 5.02 Å². The second-order valence-electron chi connectivity index (χ2n) is 5.90. The maximum Gasteiger partial charge on any atom is 0.222 e. The standard InChI is InChI=1S/C18H20BrClN2O2.ClH/c19-13-4-6-15(16(20)11-13)17-7-5-14(24-17)12-21-8-2-10-22-9-1-3-18(22)23;/h4-7,11,21H,1-3,8-10,12H2;1H. The van der Waals surface area contributed by atoms with Gasteiger partial charge in [0.2, 0.25) is 5.91 Å². The van der Waals surface area contributed by atoms with Gasteiger partial charge in [-0.05, 0) is 49.7 Å². The van der Waals surface area contributed by atoms with E-state index in [4.69, 9.17) is 16.0 Å². The van der Waals surface area contributed by atoms with Gasteiger partial charge < -0.3 is 14.6 Å². The molecule has 3 rings (SSSR count). The molecule has 1 amide bonds. The van der Waals surface area contributed by atoms with Crippen molar-refractivity contribution >= 4 is 45.8 Å². The molecule has 2 heterocycles. The van der Waals surface area contributed by atoms with Crippen LogP contribution >= 0.6 is 39.9 Å². The largest absolute Gasteiger partial charge is 0.460 e. The molecule has 1 fully saturated rings. The van der Waals surface area contributed by atoms with Crippen LogP contribution in [0.1, 0.15) is 25.0 Å². The van der Waals surface area contributed by atoms with Crippen molar-refractivity contribution in [2.75, 3.05) is 19.6 Å². The Hall–Kier alpha value is -1.01. The number of furan rings is 1. The first-order valence-electron chi connectivity index (χ1n) is 8.16. The van der Waals surface area contributed by atoms with E-state index in [1.807, 2.05) is 35.2 Å². The van der Waals surface area contributed by atoms with Crippen molar-refractivity contribution in [2.45, 2.75) is 25.8 Å². The molecule has 136 valence electrons. The summed E-state index contributed by atoms with van der Waals surface area (Å²) in [6.45, 7) is 3.28. The zero-order valence-electron chi connectivity index (χ0n) is 13.8. The Morgan fingerprint density at radius 2 is 2.12 bits per heavy atom. The molecule has 4 nitrogen and oxygen atoms in total. The second-order valence-corrected chi connectivity index (χ2v) is 7.23. The number of hydrogen-bond acceptors (Lipinski definition) is 3. The summed E-state index contributed by atoms with van der Waals surface area (Å²) in [5.74, 6) is 1.94. The Balaban J connectivity index is 0.00000225. The minimum absolute atomic E-state index is 0. The summed E-state index contributed by atoms with van der Waals surface area (Å²) >= 11 is 9.66. The first-order valence-corrected chi connectivity index (χ1v) is 9.33. The number of carbonyl (C=O) groups is 1. The molecule has 0 aliphatic carbocycles. The number of rotatable bonds is 7. The monoisotopic (exact) mass is 446 g/mol. The van der Waals surface area contributed by atoms with Crippen LogP contribution < -0.4 is 5.32 Å². The van der Waals surface area contributed by atoms with E-state index in [0.29, 0.717) is 18.0 Å². The lowest BCUT2D eigenvalue weighted by Crippen LogP contribution is -2.28. The van der Waals surface area contributed by atoms with Gasteiger partial charge in [-0.3, -0.25) is 4.79 Å². The SMILES string of the molecule is Cl.O=C1CCCN1CCCNCc1ccc(-c2ccc(Br)cc2Cl)o1. The Labute approximate surface area is 167 Å². The smallest absolute Gasteiger partial charge is 0.222 e. The van der Waals surface area contributed by atoms with E-state index in [-0.39, 0.29) is 18.3 Å². The van der Waals surface area contributed by atoms with Gasteiger partial charge in [-0.25, -0.2) is 0 Å². The molecule has 0 atom stereocenters. The molecule has 0 saturated carbocycles. The topological polar surface area (TPSA) is 45.5 Å². The number of carbonyl (C=O) groups excluding carboxylic acids is 1. The zero-order valence-corrected chi connectivity index (χ0v) is 16.9. The van der Waals surface area contributed by atoms with Crippen molar-refractivity contribution in [3.8, 4) is 11.3 Å². The van der Waals surface area contributed by atoms with Gasteiger partial charge in [0.1, 0.15) is 11.5 Å². The van der Waals surface area contributed by atoms with Gasteiger partial charge in [0.25, 0.3) is 0 Å². The number of benzene rings is 1. The Kier molecular flexibility index (Phi) is 7.81. The van der Waals surface area contributed by atoms with Crippen molar-refractivity contribution in [2.24, 2.45) is 0 Å². The van der Waals surface area contributed by atoms with Gasteiger partial charge in [0.05, 0.1) is 11.6 Å². The second kappa shape index (κ2) is 9.62. The Morgan fingerprint density at radius 3 is 2.84 bits per heavy atom. The molecular weight excluding hydrogens is 427 g/mol. The number of halogens is 3. The average Bonchev–Trinajstić information content (AvgIpc) is 3.17. The van der Waals surface area contributed by atoms with E-state index in [1.54, 1.807) is 0 Å². The van der Waals surface area contributed by atoms with Crippen LogP contribution in [0.15, 0.2) is 39.2 Å². The molecule has 2 aromatic rings. The minimum atomic E-state index is 0. The van der Waals surface area contributed by atoms with Crippen molar-refractivity contribution in [3.63, 3.8) is 0 Å². The van der Waals surface area contributed by atoms with E-state index >= 15 is 0 Å². The first-order chi connectivity index (χ1) is 11.6. The molecule has 1 N–H and O–H groups in total. The molecule has 0 bridgehead atoms. The summed E-state index contributed by atoms with van der Waals surface area (Å²) in [5.41, 5.74) is 0.888. The lowest BCUT2D eigenvalue weighted by molar-refractivity contribution is -0.127. The van der Waals surface area contributed by atoms with E-state index in [2.05, 4.69) is 21.2 Å². The third kappa shape index (κ3) is 5.48. The summed E-state index contributed by atoms with van der Waals surface area (Å²) in [6.07, 6.45) is 2.67. The zero-order chi connectivity index (χ0) is 16.9. The summed E-state index contributed by atoms with van der Waals surface area (Å²) < 4.78 is 6.81. The molecule has 1 aromatic heterocycles. The third-order valence-corrected chi connectivity index (χ3v) is 4.92. The van der Waals surface area contributed by atoms with Crippen LogP contribution in [-0.2, 0) is 11.3 Å². The number of amides is 1. The van der Waals surface area contributed by atoms with Crippen molar-refractivity contribution < 1.29 is 9.21 Å². The third-order valence-electron chi connectivity index (χ3n) is 4.11. The van der Waals surface area contributed by atoms with E-state index in [1.165, 1.54) is 0 Å². The Bertz CT molecular complexity index is 721. The molecule has 1 saturated heterocycles. The van der Waals surface area contributed by atoms with Gasteiger partial charge in [0, 0.05) is 29.5 Å². The van der Waals surface area contributed by atoms with Gasteiger partial charge in [-0.15, -0.1) is 12.4 Å². The van der Waals surface area contributed by atoms with Crippen LogP contribution in [0.25, 0.3) is 11.3 Å². The molecular formula is C18H21BrCl2N2O2. The van der Waals surface area contributed by atoms with Crippen molar-refractivity contribution in [1.29, 1.82) is 0 Å². The lowest BCUT2D eigenvalue weighted by atomic mass is 10.2. The number of hydrogen-bond donors (Lipinski definition) is 1. The first kappa shape index (κ1) is 20.3. The van der Waals surface area contributed by atoms with E-state index < -0.39 is 0 Å². The molecule has 0 radical (unpaired) electrons. The fraction of sp³-hybridized carbons (Fsp3) is 0.389. The van der Waals surface area contributed by atoms with Crippen molar-refractivity contribution in [3.05, 3.63) is 45.6 Å². The van der Waals surface area contributed by atoms with Gasteiger partial charge in [0.15, 0.2) is 0 Å². The average molecular weight is 448 g/mol. The highest BCUT2D eigenvalue weighted by molar-refractivity contribution is 9.10. The normalized spacial score (nSPS) is 14.0. The number of nitrogens with zero attached hydrogens (tertiary/aromatic N) is 1. The predicted molar refractivity (Wildman–Crippen MR) is 106 cm³/mol. The number of likely N-dealkylation sites (tertiary alicyclic amines) is 1. The van der Waals surface area contributed by atoms with Gasteiger partial charge in [-0.1, -0.05) is 27.5 Å². The van der Waals surface area contributed by atoms with Gasteiger partial charge in [-0.2, -0.15) is 0 Å². The summed E-state index contributed by atoms with van der Waals surface area (Å²) in [5, 5.41) is 4.02. The molecule has 7 heteroatoms. The molecule has 1 aliphatic rings. The van der Waals surface area contributed by atoms with Crippen LogP contribution in [0.3, 0.4) is 0 Å². The minimum Gasteiger partial charge on any atom is -0.460 e. The maximum atomic E-state index is 11.5. The molecule has 1 aromatic carbocycles. The molecule has 25 heavy (non-hydrogen) atoms. The molecule has 0 spiro atoms. The van der Waals surface area contributed by atoms with Crippen molar-refractivity contribution in [1.82, 2.24) is 10.2 Å². The van der Waals surface area contributed by atoms with Crippen LogP contribution in [0.4, 0.5) is 0 Å². The van der Waals surface area contributed by atoms with Crippen LogP contribution in [0.5, 0.6) is 0 Å².